The monoisotopic (exact) mass is 364 g/mol. The number of hydrogen-bond acceptors (Lipinski definition) is 6. The molecule has 2 fully saturated rings. The molecule has 2 unspecified atom stereocenters. The van der Waals surface area contributed by atoms with Gasteiger partial charge < -0.3 is 0 Å². The van der Waals surface area contributed by atoms with Gasteiger partial charge in [-0.05, 0) is 0 Å². The number of alkyl halides is 6. The van der Waals surface area contributed by atoms with Gasteiger partial charge in [-0.15, -0.1) is 0 Å². The molecule has 2 saturated heterocycles. The van der Waals surface area contributed by atoms with Crippen molar-refractivity contribution in [1.82, 2.24) is 0 Å². The van der Waals surface area contributed by atoms with Crippen molar-refractivity contribution in [3.63, 3.8) is 0 Å². The first-order valence-corrected chi connectivity index (χ1v) is 7.99. The van der Waals surface area contributed by atoms with Crippen molar-refractivity contribution in [3.05, 3.63) is 0 Å². The molecule has 0 bridgehead atoms. The minimum Gasteiger partial charge on any atom is -0.269 e. The zero-order valence-electron chi connectivity index (χ0n) is 9.60. The van der Waals surface area contributed by atoms with E-state index >= 15 is 0 Å². The summed E-state index contributed by atoms with van der Waals surface area (Å²) in [6.45, 7) is -3.16. The Morgan fingerprint density at radius 3 is 1.29 bits per heavy atom. The number of hydrogen-bond donors (Lipinski definition) is 0. The minimum atomic E-state index is -5.65. The molecule has 0 aromatic heterocycles. The maximum Gasteiger partial charge on any atom is 0.408 e. The van der Waals surface area contributed by atoms with Gasteiger partial charge in [0, 0.05) is 0 Å². The first-order valence-electron chi connectivity index (χ1n) is 5.04. The van der Waals surface area contributed by atoms with E-state index in [4.69, 9.17) is 0 Å². The molecule has 2 atom stereocenters. The van der Waals surface area contributed by atoms with Crippen LogP contribution in [0.1, 0.15) is 0 Å². The van der Waals surface area contributed by atoms with Gasteiger partial charge in [0.25, 0.3) is 20.2 Å². The second kappa shape index (κ2) is 4.23. The molecule has 0 aliphatic carbocycles. The summed E-state index contributed by atoms with van der Waals surface area (Å²) in [5.74, 6) is 0. The summed E-state index contributed by atoms with van der Waals surface area (Å²) in [4.78, 5) is 0. The van der Waals surface area contributed by atoms with E-state index in [0.29, 0.717) is 0 Å². The van der Waals surface area contributed by atoms with E-state index < -0.39 is 61.7 Å². The third kappa shape index (κ3) is 2.41. The molecule has 0 aromatic carbocycles. The molecule has 124 valence electrons. The van der Waals surface area contributed by atoms with Gasteiger partial charge in [-0.25, -0.2) is 0 Å². The Labute approximate surface area is 114 Å². The topological polar surface area (TPSA) is 86.7 Å². The van der Waals surface area contributed by atoms with Crippen LogP contribution >= 0.6 is 0 Å². The van der Waals surface area contributed by atoms with Crippen molar-refractivity contribution in [2.45, 2.75) is 22.9 Å². The van der Waals surface area contributed by atoms with Gasteiger partial charge in [-0.3, -0.25) is 8.37 Å². The van der Waals surface area contributed by atoms with E-state index in [2.05, 4.69) is 8.37 Å². The lowest BCUT2D eigenvalue weighted by atomic mass is 9.81. The zero-order valence-corrected chi connectivity index (χ0v) is 11.2. The van der Waals surface area contributed by atoms with E-state index in [9.17, 15) is 43.2 Å². The van der Waals surface area contributed by atoms with Gasteiger partial charge >= 0.3 is 12.4 Å². The van der Waals surface area contributed by atoms with Crippen LogP contribution in [0.5, 0.6) is 0 Å². The Balaban J connectivity index is 2.71. The molecule has 0 radical (unpaired) electrons. The smallest absolute Gasteiger partial charge is 0.269 e. The van der Waals surface area contributed by atoms with Crippen molar-refractivity contribution in [1.29, 1.82) is 0 Å². The average molecular weight is 364 g/mol. The van der Waals surface area contributed by atoms with Crippen LogP contribution < -0.4 is 0 Å². The first-order chi connectivity index (χ1) is 9.15. The molecule has 6 nitrogen and oxygen atoms in total. The molecule has 2 heterocycles. The van der Waals surface area contributed by atoms with Crippen LogP contribution in [-0.2, 0) is 28.6 Å². The van der Waals surface area contributed by atoms with Crippen LogP contribution in [0.3, 0.4) is 0 Å². The lowest BCUT2D eigenvalue weighted by molar-refractivity contribution is -0.183. The van der Waals surface area contributed by atoms with Crippen LogP contribution in [0.2, 0.25) is 0 Å². The highest BCUT2D eigenvalue weighted by Gasteiger charge is 2.78. The third-order valence-electron chi connectivity index (χ3n) is 3.20. The van der Waals surface area contributed by atoms with Crippen molar-refractivity contribution >= 4 is 20.2 Å². The Bertz CT molecular complexity index is 588. The van der Waals surface area contributed by atoms with E-state index in [1.807, 2.05) is 0 Å². The largest absolute Gasteiger partial charge is 0.408 e. The summed E-state index contributed by atoms with van der Waals surface area (Å²) >= 11 is 0. The summed E-state index contributed by atoms with van der Waals surface area (Å²) in [6, 6.07) is 0. The highest BCUT2D eigenvalue weighted by atomic mass is 32.2. The van der Waals surface area contributed by atoms with Crippen molar-refractivity contribution in [2.24, 2.45) is 5.41 Å². The second-order valence-electron chi connectivity index (χ2n) is 4.59. The summed E-state index contributed by atoms with van der Waals surface area (Å²) in [7, 11) is -10.9. The molecule has 1 spiro atoms. The number of halogens is 6. The maximum atomic E-state index is 12.9. The Hall–Kier alpha value is -0.600. The first kappa shape index (κ1) is 16.8. The molecular formula is C7H6F6O6S2. The fourth-order valence-electron chi connectivity index (χ4n) is 2.56. The molecule has 0 saturated carbocycles. The normalized spacial score (nSPS) is 39.0. The van der Waals surface area contributed by atoms with Gasteiger partial charge in [-0.2, -0.15) is 43.2 Å². The minimum absolute atomic E-state index is 1.58. The molecule has 0 N–H and O–H groups in total. The van der Waals surface area contributed by atoms with Gasteiger partial charge in [0.1, 0.15) is 0 Å². The van der Waals surface area contributed by atoms with E-state index in [0.717, 1.165) is 0 Å². The predicted molar refractivity (Wildman–Crippen MR) is 51.9 cm³/mol. The Kier molecular flexibility index (Phi) is 3.38. The number of rotatable bonds is 0. The summed E-state index contributed by atoms with van der Waals surface area (Å²) in [6.07, 6.45) is -11.3. The fraction of sp³-hybridized carbons (Fsp3) is 1.00. The zero-order chi connectivity index (χ0) is 16.5. The summed E-state index contributed by atoms with van der Waals surface area (Å²) in [5, 5.41) is -7.28. The molecule has 21 heavy (non-hydrogen) atoms. The van der Waals surface area contributed by atoms with Crippen LogP contribution in [0.25, 0.3) is 0 Å². The molecular weight excluding hydrogens is 358 g/mol. The standard InChI is InChI=1S/C7H6F6O6S2/c8-6(9,10)3-5(1-18-20(3,14)15)2-19-21(16,17)4(5)7(11,12)13/h3-4H,1-2H2. The fourth-order valence-corrected chi connectivity index (χ4v) is 6.03. The van der Waals surface area contributed by atoms with Gasteiger partial charge in [0.05, 0.1) is 18.6 Å². The van der Waals surface area contributed by atoms with Gasteiger partial charge in [0.2, 0.25) is 0 Å². The second-order valence-corrected chi connectivity index (χ2v) is 7.97. The van der Waals surface area contributed by atoms with Crippen LogP contribution in [0, 0.1) is 5.41 Å². The van der Waals surface area contributed by atoms with E-state index in [-0.39, 0.29) is 0 Å². The van der Waals surface area contributed by atoms with E-state index in [1.165, 1.54) is 0 Å². The molecule has 14 heteroatoms. The van der Waals surface area contributed by atoms with Gasteiger partial charge in [-0.1, -0.05) is 0 Å². The third-order valence-corrected chi connectivity index (χ3v) is 6.72. The van der Waals surface area contributed by atoms with Crippen LogP contribution in [-0.4, -0.2) is 52.9 Å². The predicted octanol–water partition coefficient (Wildman–Crippen LogP) is 0.555. The molecule has 2 aliphatic heterocycles. The molecule has 0 amide bonds. The average Bonchev–Trinajstić information content (AvgIpc) is 2.59. The van der Waals surface area contributed by atoms with Crippen LogP contribution in [0.4, 0.5) is 26.3 Å². The highest BCUT2D eigenvalue weighted by molar-refractivity contribution is 7.89. The van der Waals surface area contributed by atoms with Crippen molar-refractivity contribution < 1.29 is 51.5 Å². The Morgan fingerprint density at radius 1 is 0.762 bits per heavy atom. The van der Waals surface area contributed by atoms with Gasteiger partial charge in [0.15, 0.2) is 10.5 Å². The SMILES string of the molecule is O=S1(=O)OCC2(COS(=O)(=O)C2C(F)(F)F)C1C(F)(F)F. The molecule has 2 aliphatic rings. The summed E-state index contributed by atoms with van der Waals surface area (Å²) in [5.41, 5.74) is -3.31. The van der Waals surface area contributed by atoms with E-state index in [1.54, 1.807) is 0 Å². The van der Waals surface area contributed by atoms with Crippen molar-refractivity contribution in [2.75, 3.05) is 13.2 Å². The molecule has 0 aromatic rings. The summed E-state index contributed by atoms with van der Waals surface area (Å²) < 4.78 is 130. The quantitative estimate of drug-likeness (QED) is 0.461. The lowest BCUT2D eigenvalue weighted by Gasteiger charge is -2.32. The van der Waals surface area contributed by atoms with Crippen LogP contribution in [0.15, 0.2) is 0 Å². The van der Waals surface area contributed by atoms with Crippen molar-refractivity contribution in [3.8, 4) is 0 Å². The Morgan fingerprint density at radius 2 is 1.05 bits per heavy atom. The lowest BCUT2D eigenvalue weighted by Crippen LogP contribution is -2.57. The highest BCUT2D eigenvalue weighted by Crippen LogP contribution is 2.56. The molecule has 2 rings (SSSR count). The maximum absolute atomic E-state index is 12.9.